The zero-order chi connectivity index (χ0) is 10.7. The summed E-state index contributed by atoms with van der Waals surface area (Å²) in [6, 6.07) is 5.66. The summed E-state index contributed by atoms with van der Waals surface area (Å²) in [7, 11) is 1.63. The Bertz CT molecular complexity index is 448. The first-order valence-corrected chi connectivity index (χ1v) is 5.62. The van der Waals surface area contributed by atoms with Gasteiger partial charge in [0.05, 0.1) is 11.6 Å². The summed E-state index contributed by atoms with van der Waals surface area (Å²) in [6.07, 6.45) is 0. The average molecular weight is 287 g/mol. The number of hydrogen-bond acceptors (Lipinski definition) is 6. The minimum absolute atomic E-state index is 0.659. The molecule has 0 aliphatic carbocycles. The first kappa shape index (κ1) is 10.3. The Labute approximate surface area is 98.8 Å². The van der Waals surface area contributed by atoms with E-state index in [1.54, 1.807) is 7.11 Å². The largest absolute Gasteiger partial charge is 0.496 e. The Morgan fingerprint density at radius 1 is 1.47 bits per heavy atom. The van der Waals surface area contributed by atoms with Crippen molar-refractivity contribution in [1.29, 1.82) is 0 Å². The number of nitrogens with one attached hydrogen (secondary N) is 1. The van der Waals surface area contributed by atoms with Crippen LogP contribution in [0.3, 0.4) is 0 Å². The van der Waals surface area contributed by atoms with Gasteiger partial charge >= 0.3 is 0 Å². The standard InChI is InChI=1S/C8H7BrN4OS/c1-14-7-3-2-5(4-6(7)9)10-8-11-12-13-15-8/h2-4H,1H3,(H,10,11,13). The molecule has 7 heteroatoms. The van der Waals surface area contributed by atoms with Crippen molar-refractivity contribution >= 4 is 38.3 Å². The van der Waals surface area contributed by atoms with Crippen molar-refractivity contribution in [2.45, 2.75) is 0 Å². The van der Waals surface area contributed by atoms with Crippen LogP contribution in [0.1, 0.15) is 0 Å². The summed E-state index contributed by atoms with van der Waals surface area (Å²) in [5.74, 6) is 0.788. The topological polar surface area (TPSA) is 59.9 Å². The Hall–Kier alpha value is -1.21. The SMILES string of the molecule is COc1ccc(Nc2nnns2)cc1Br. The van der Waals surface area contributed by atoms with Crippen LogP contribution in [-0.2, 0) is 0 Å². The van der Waals surface area contributed by atoms with Crippen molar-refractivity contribution in [2.24, 2.45) is 0 Å². The van der Waals surface area contributed by atoms with E-state index >= 15 is 0 Å². The Morgan fingerprint density at radius 3 is 2.93 bits per heavy atom. The lowest BCUT2D eigenvalue weighted by molar-refractivity contribution is 0.412. The minimum atomic E-state index is 0.659. The van der Waals surface area contributed by atoms with Gasteiger partial charge in [0.15, 0.2) is 0 Å². The fourth-order valence-electron chi connectivity index (χ4n) is 1.05. The van der Waals surface area contributed by atoms with Crippen LogP contribution in [0.15, 0.2) is 22.7 Å². The normalized spacial score (nSPS) is 10.0. The molecule has 5 nitrogen and oxygen atoms in total. The molecule has 1 aromatic heterocycles. The van der Waals surface area contributed by atoms with Gasteiger partial charge in [0.1, 0.15) is 5.75 Å². The molecule has 0 bridgehead atoms. The van der Waals surface area contributed by atoms with Gasteiger partial charge in [0.2, 0.25) is 5.13 Å². The number of halogens is 1. The van der Waals surface area contributed by atoms with Crippen LogP contribution in [0.4, 0.5) is 10.8 Å². The molecule has 0 spiro atoms. The quantitative estimate of drug-likeness (QED) is 0.939. The maximum absolute atomic E-state index is 5.12. The Kier molecular flexibility index (Phi) is 3.12. The summed E-state index contributed by atoms with van der Waals surface area (Å²) in [4.78, 5) is 0. The van der Waals surface area contributed by atoms with Gasteiger partial charge in [0, 0.05) is 17.2 Å². The summed E-state index contributed by atoms with van der Waals surface area (Å²) >= 11 is 4.60. The van der Waals surface area contributed by atoms with Crippen molar-refractivity contribution in [3.8, 4) is 5.75 Å². The molecule has 0 aliphatic rings. The molecule has 2 rings (SSSR count). The molecule has 0 aliphatic heterocycles. The van der Waals surface area contributed by atoms with E-state index in [1.807, 2.05) is 18.2 Å². The van der Waals surface area contributed by atoms with E-state index < -0.39 is 0 Å². The summed E-state index contributed by atoms with van der Waals surface area (Å²) in [5, 5.41) is 11.0. The van der Waals surface area contributed by atoms with Crippen molar-refractivity contribution in [1.82, 2.24) is 14.8 Å². The van der Waals surface area contributed by atoms with Crippen molar-refractivity contribution in [3.63, 3.8) is 0 Å². The lowest BCUT2D eigenvalue weighted by atomic mass is 10.3. The van der Waals surface area contributed by atoms with Gasteiger partial charge < -0.3 is 10.1 Å². The van der Waals surface area contributed by atoms with Crippen LogP contribution in [0.5, 0.6) is 5.75 Å². The predicted molar refractivity (Wildman–Crippen MR) is 61.7 cm³/mol. The molecule has 0 fully saturated rings. The van der Waals surface area contributed by atoms with Crippen LogP contribution in [0.2, 0.25) is 0 Å². The molecule has 15 heavy (non-hydrogen) atoms. The molecule has 1 heterocycles. The van der Waals surface area contributed by atoms with Crippen LogP contribution in [-0.4, -0.2) is 21.9 Å². The van der Waals surface area contributed by atoms with Gasteiger partial charge in [-0.15, -0.1) is 0 Å². The van der Waals surface area contributed by atoms with Gasteiger partial charge in [-0.25, -0.2) is 0 Å². The maximum atomic E-state index is 5.12. The highest BCUT2D eigenvalue weighted by Gasteiger charge is 2.03. The third-order valence-corrected chi connectivity index (χ3v) is 2.83. The van der Waals surface area contributed by atoms with E-state index in [9.17, 15) is 0 Å². The maximum Gasteiger partial charge on any atom is 0.229 e. The first-order chi connectivity index (χ1) is 7.29. The number of anilines is 2. The number of nitrogens with zero attached hydrogens (tertiary/aromatic N) is 3. The summed E-state index contributed by atoms with van der Waals surface area (Å²) < 4.78 is 9.66. The zero-order valence-electron chi connectivity index (χ0n) is 7.77. The van der Waals surface area contributed by atoms with Crippen LogP contribution < -0.4 is 10.1 Å². The molecular weight excluding hydrogens is 280 g/mol. The fraction of sp³-hybridized carbons (Fsp3) is 0.125. The fourth-order valence-corrected chi connectivity index (χ4v) is 1.98. The number of methoxy groups -OCH3 is 1. The molecule has 78 valence electrons. The highest BCUT2D eigenvalue weighted by Crippen LogP contribution is 2.29. The minimum Gasteiger partial charge on any atom is -0.496 e. The number of aromatic nitrogens is 3. The molecule has 1 N–H and O–H groups in total. The summed E-state index contributed by atoms with van der Waals surface area (Å²) in [5.41, 5.74) is 0.904. The van der Waals surface area contributed by atoms with E-state index in [0.29, 0.717) is 5.13 Å². The van der Waals surface area contributed by atoms with E-state index in [2.05, 4.69) is 36.0 Å². The summed E-state index contributed by atoms with van der Waals surface area (Å²) in [6.45, 7) is 0. The molecule has 0 amide bonds. The molecule has 0 radical (unpaired) electrons. The first-order valence-electron chi connectivity index (χ1n) is 4.05. The predicted octanol–water partition coefficient (Wildman–Crippen LogP) is 2.45. The van der Waals surface area contributed by atoms with Gasteiger partial charge in [-0.2, -0.15) is 0 Å². The third-order valence-electron chi connectivity index (χ3n) is 1.70. The van der Waals surface area contributed by atoms with Crippen LogP contribution in [0, 0.1) is 0 Å². The van der Waals surface area contributed by atoms with Crippen LogP contribution >= 0.6 is 27.5 Å². The lowest BCUT2D eigenvalue weighted by Crippen LogP contribution is -1.91. The Balaban J connectivity index is 2.20. The Morgan fingerprint density at radius 2 is 2.33 bits per heavy atom. The molecule has 2 aromatic rings. The highest BCUT2D eigenvalue weighted by atomic mass is 79.9. The molecule has 0 unspecified atom stereocenters. The molecule has 1 aromatic carbocycles. The van der Waals surface area contributed by atoms with Crippen molar-refractivity contribution in [2.75, 3.05) is 12.4 Å². The van der Waals surface area contributed by atoms with E-state index in [1.165, 1.54) is 11.5 Å². The average Bonchev–Trinajstić information content (AvgIpc) is 2.71. The van der Waals surface area contributed by atoms with Crippen LogP contribution in [0.25, 0.3) is 0 Å². The number of rotatable bonds is 3. The third kappa shape index (κ3) is 2.42. The van der Waals surface area contributed by atoms with Gasteiger partial charge in [-0.1, -0.05) is 9.59 Å². The van der Waals surface area contributed by atoms with Gasteiger partial charge in [-0.3, -0.25) is 0 Å². The smallest absolute Gasteiger partial charge is 0.229 e. The van der Waals surface area contributed by atoms with Crippen molar-refractivity contribution < 1.29 is 4.74 Å². The van der Waals surface area contributed by atoms with Crippen molar-refractivity contribution in [3.05, 3.63) is 22.7 Å². The van der Waals surface area contributed by atoms with Gasteiger partial charge in [-0.05, 0) is 39.3 Å². The second kappa shape index (κ2) is 4.54. The van der Waals surface area contributed by atoms with E-state index in [4.69, 9.17) is 4.74 Å². The second-order valence-corrected chi connectivity index (χ2v) is 4.23. The number of ether oxygens (including phenoxy) is 1. The molecule has 0 saturated heterocycles. The number of hydrogen-bond donors (Lipinski definition) is 1. The highest BCUT2D eigenvalue weighted by molar-refractivity contribution is 9.10. The van der Waals surface area contributed by atoms with E-state index in [0.717, 1.165) is 15.9 Å². The van der Waals surface area contributed by atoms with E-state index in [-0.39, 0.29) is 0 Å². The molecular formula is C8H7BrN4OS. The lowest BCUT2D eigenvalue weighted by Gasteiger charge is -2.05. The zero-order valence-corrected chi connectivity index (χ0v) is 10.2. The second-order valence-electron chi connectivity index (χ2n) is 2.64. The monoisotopic (exact) mass is 286 g/mol. The molecule has 0 saturated carbocycles. The molecule has 0 atom stereocenters. The van der Waals surface area contributed by atoms with Gasteiger partial charge in [0.25, 0.3) is 0 Å². The number of benzene rings is 1.